The Morgan fingerprint density at radius 2 is 1.52 bits per heavy atom. The summed E-state index contributed by atoms with van der Waals surface area (Å²) in [7, 11) is 0.927. The van der Waals surface area contributed by atoms with Crippen LogP contribution < -0.4 is 4.89 Å². The molecule has 0 saturated heterocycles. The quantitative estimate of drug-likeness (QED) is 0.173. The molecule has 12 nitrogen and oxygen atoms in total. The Kier molecular flexibility index (Phi) is 7.69. The van der Waals surface area contributed by atoms with Gasteiger partial charge in [-0.3, -0.25) is 29.6 Å². The Balaban J connectivity index is 2.68. The monoisotopic (exact) mass is 405 g/mol. The number of likely N-dealkylation sites (N-methyl/N-ethyl adjacent to an activating group) is 1. The van der Waals surface area contributed by atoms with Crippen molar-refractivity contribution >= 4 is 25.0 Å². The summed E-state index contributed by atoms with van der Waals surface area (Å²) in [6.07, 6.45) is -0.455. The predicted octanol–water partition coefficient (Wildman–Crippen LogP) is 1.28. The molecule has 0 spiro atoms. The van der Waals surface area contributed by atoms with Crippen molar-refractivity contribution in [1.29, 1.82) is 0 Å². The molecule has 0 bridgehead atoms. The molecule has 1 aromatic carbocycles. The molecule has 0 aliphatic rings. The highest BCUT2D eigenvalue weighted by Crippen LogP contribution is 2.38. The molecular formula is C14H20N3O9P. The Morgan fingerprint density at radius 1 is 1.04 bits per heavy atom. The van der Waals surface area contributed by atoms with Crippen LogP contribution in [0, 0.1) is 20.2 Å². The van der Waals surface area contributed by atoms with E-state index in [1.807, 2.05) is 21.1 Å². The summed E-state index contributed by atoms with van der Waals surface area (Å²) in [6.45, 7) is -0.248. The number of nitro groups is 2. The fourth-order valence-corrected chi connectivity index (χ4v) is 2.52. The number of non-ortho nitro benzene ring substituents is 2. The number of benzene rings is 1. The molecule has 0 heterocycles. The molecule has 13 heteroatoms. The van der Waals surface area contributed by atoms with E-state index in [9.17, 15) is 34.5 Å². The zero-order valence-corrected chi connectivity index (χ0v) is 15.9. The number of hydrogen-bond donors (Lipinski definition) is 0. The third-order valence-electron chi connectivity index (χ3n) is 3.24. The van der Waals surface area contributed by atoms with Gasteiger partial charge >= 0.3 is 0 Å². The van der Waals surface area contributed by atoms with Gasteiger partial charge in [-0.05, 0) is 0 Å². The van der Waals surface area contributed by atoms with Crippen LogP contribution in [0.25, 0.3) is 0 Å². The van der Waals surface area contributed by atoms with Gasteiger partial charge in [-0.1, -0.05) is 0 Å². The van der Waals surface area contributed by atoms with Crippen molar-refractivity contribution in [2.24, 2.45) is 0 Å². The topological polar surface area (TPSA) is 162 Å². The lowest BCUT2D eigenvalue weighted by Crippen LogP contribution is -2.37. The minimum absolute atomic E-state index is 0.102. The molecule has 1 unspecified atom stereocenters. The van der Waals surface area contributed by atoms with E-state index >= 15 is 0 Å². The van der Waals surface area contributed by atoms with Crippen molar-refractivity contribution in [2.45, 2.75) is 6.42 Å². The van der Waals surface area contributed by atoms with E-state index < -0.39 is 47.9 Å². The molecule has 0 N–H and O–H groups in total. The largest absolute Gasteiger partial charge is 0.756 e. The molecule has 27 heavy (non-hydrogen) atoms. The lowest BCUT2D eigenvalue weighted by atomic mass is 10.1. The van der Waals surface area contributed by atoms with Crippen LogP contribution >= 0.6 is 7.82 Å². The standard InChI is InChI=1S/C14H20N3O9P/c1-17(2,3)5-7-26-27(23,24)25-6-4-14(18)11-8-12(15(19)20)10-13(9-11)16(21)22/h8-10H,4-7H2,1-3H3. The van der Waals surface area contributed by atoms with Crippen LogP contribution in [0.15, 0.2) is 18.2 Å². The maximum Gasteiger partial charge on any atom is 0.277 e. The second-order valence-corrected chi connectivity index (χ2v) is 7.96. The number of carbonyl (C=O) groups excluding carboxylic acids is 1. The average molecular weight is 405 g/mol. The maximum atomic E-state index is 12.1. The van der Waals surface area contributed by atoms with E-state index in [0.717, 1.165) is 18.2 Å². The second-order valence-electron chi connectivity index (χ2n) is 6.55. The van der Waals surface area contributed by atoms with Gasteiger partial charge in [-0.25, -0.2) is 0 Å². The first-order valence-corrected chi connectivity index (χ1v) is 9.14. The number of carbonyl (C=O) groups is 1. The molecule has 0 aliphatic heterocycles. The summed E-state index contributed by atoms with van der Waals surface area (Å²) in [5.41, 5.74) is -1.52. The van der Waals surface area contributed by atoms with Crippen LogP contribution in [0.2, 0.25) is 0 Å². The molecule has 0 aromatic heterocycles. The lowest BCUT2D eigenvalue weighted by Gasteiger charge is -2.27. The number of Topliss-reactive ketones (excluding diaryl/α,β-unsaturated/α-hetero) is 1. The molecule has 0 fully saturated rings. The average Bonchev–Trinajstić information content (AvgIpc) is 2.52. The number of phosphoric ester groups is 1. The molecule has 0 amide bonds. The van der Waals surface area contributed by atoms with Crippen molar-refractivity contribution in [3.05, 3.63) is 44.0 Å². The molecule has 1 aromatic rings. The van der Waals surface area contributed by atoms with Gasteiger partial charge in [0.15, 0.2) is 5.78 Å². The van der Waals surface area contributed by atoms with Crippen molar-refractivity contribution < 1.29 is 37.6 Å². The van der Waals surface area contributed by atoms with Crippen molar-refractivity contribution in [3.63, 3.8) is 0 Å². The molecule has 1 atom stereocenters. The van der Waals surface area contributed by atoms with E-state index in [2.05, 4.69) is 9.05 Å². The Bertz CT molecular complexity index is 743. The first kappa shape index (κ1) is 22.8. The molecule has 0 saturated carbocycles. The minimum Gasteiger partial charge on any atom is -0.756 e. The van der Waals surface area contributed by atoms with Gasteiger partial charge in [0.1, 0.15) is 13.2 Å². The van der Waals surface area contributed by atoms with Crippen molar-refractivity contribution in [2.75, 3.05) is 40.9 Å². The highest BCUT2D eigenvalue weighted by atomic mass is 31.2. The van der Waals surface area contributed by atoms with E-state index in [4.69, 9.17) is 0 Å². The van der Waals surface area contributed by atoms with Crippen LogP contribution in [0.4, 0.5) is 11.4 Å². The van der Waals surface area contributed by atoms with E-state index in [0.29, 0.717) is 11.0 Å². The molecule has 150 valence electrons. The number of rotatable bonds is 11. The molecule has 0 radical (unpaired) electrons. The summed E-state index contributed by atoms with van der Waals surface area (Å²) in [6, 6.07) is 2.48. The zero-order valence-electron chi connectivity index (χ0n) is 15.0. The van der Waals surface area contributed by atoms with Crippen LogP contribution in [0.3, 0.4) is 0 Å². The van der Waals surface area contributed by atoms with E-state index in [1.165, 1.54) is 0 Å². The minimum atomic E-state index is -4.61. The summed E-state index contributed by atoms with van der Waals surface area (Å²) < 4.78 is 21.3. The maximum absolute atomic E-state index is 12.1. The van der Waals surface area contributed by atoms with Crippen LogP contribution in [0.5, 0.6) is 0 Å². The number of hydrogen-bond acceptors (Lipinski definition) is 9. The summed E-state index contributed by atoms with van der Waals surface area (Å²) in [5.74, 6) is -0.742. The normalized spacial score (nSPS) is 13.8. The van der Waals surface area contributed by atoms with E-state index in [-0.39, 0.29) is 12.2 Å². The van der Waals surface area contributed by atoms with Crippen LogP contribution in [-0.4, -0.2) is 61.0 Å². The first-order valence-electron chi connectivity index (χ1n) is 7.68. The fraction of sp³-hybridized carbons (Fsp3) is 0.500. The third kappa shape index (κ3) is 8.33. The zero-order chi connectivity index (χ0) is 20.8. The number of nitrogens with zero attached hydrogens (tertiary/aromatic N) is 3. The molecule has 0 aliphatic carbocycles. The van der Waals surface area contributed by atoms with Crippen molar-refractivity contribution in [3.8, 4) is 0 Å². The summed E-state index contributed by atoms with van der Waals surface area (Å²) >= 11 is 0. The second kappa shape index (κ2) is 9.11. The van der Waals surface area contributed by atoms with E-state index in [1.54, 1.807) is 0 Å². The molecular weight excluding hydrogens is 385 g/mol. The highest BCUT2D eigenvalue weighted by molar-refractivity contribution is 7.45. The summed E-state index contributed by atoms with van der Waals surface area (Å²) in [4.78, 5) is 43.6. The fourth-order valence-electron chi connectivity index (χ4n) is 1.83. The first-order chi connectivity index (χ1) is 12.3. The third-order valence-corrected chi connectivity index (χ3v) is 4.23. The number of phosphoric acid groups is 1. The van der Waals surface area contributed by atoms with Gasteiger partial charge in [0, 0.05) is 24.1 Å². The highest BCUT2D eigenvalue weighted by Gasteiger charge is 2.20. The van der Waals surface area contributed by atoms with Gasteiger partial charge < -0.3 is 18.4 Å². The Hall–Kier alpha value is -2.24. The van der Waals surface area contributed by atoms with Gasteiger partial charge in [-0.2, -0.15) is 0 Å². The molecule has 1 rings (SSSR count). The smallest absolute Gasteiger partial charge is 0.277 e. The van der Waals surface area contributed by atoms with Gasteiger partial charge in [0.2, 0.25) is 0 Å². The number of ketones is 1. The van der Waals surface area contributed by atoms with Gasteiger partial charge in [-0.15, -0.1) is 0 Å². The van der Waals surface area contributed by atoms with Gasteiger partial charge in [0.25, 0.3) is 19.2 Å². The Morgan fingerprint density at radius 3 is 1.96 bits per heavy atom. The number of quaternary nitrogens is 1. The summed E-state index contributed by atoms with van der Waals surface area (Å²) in [5, 5.41) is 21.6. The Labute approximate surface area is 154 Å². The lowest BCUT2D eigenvalue weighted by molar-refractivity contribution is -0.870. The predicted molar refractivity (Wildman–Crippen MR) is 91.1 cm³/mol. The van der Waals surface area contributed by atoms with Gasteiger partial charge in [0.05, 0.1) is 43.7 Å². The number of nitro benzene ring substituents is 2. The van der Waals surface area contributed by atoms with Crippen molar-refractivity contribution in [1.82, 2.24) is 0 Å². The van der Waals surface area contributed by atoms with Crippen LogP contribution in [0.1, 0.15) is 16.8 Å². The van der Waals surface area contributed by atoms with Crippen LogP contribution in [-0.2, 0) is 13.6 Å². The SMILES string of the molecule is C[N+](C)(C)CCOP(=O)([O-])OCCC(=O)c1cc([N+](=O)[O-])cc([N+](=O)[O-])c1.